The summed E-state index contributed by atoms with van der Waals surface area (Å²) in [7, 11) is 0. The molecule has 0 radical (unpaired) electrons. The van der Waals surface area contributed by atoms with Gasteiger partial charge in [-0.3, -0.25) is 0 Å². The Hall–Kier alpha value is -6.06. The second kappa shape index (κ2) is 11.2. The Balaban J connectivity index is 1.19. The molecule has 1 heterocycles. The fourth-order valence-electron chi connectivity index (χ4n) is 6.32. The highest BCUT2D eigenvalue weighted by molar-refractivity contribution is 6.10. The van der Waals surface area contributed by atoms with E-state index in [0.29, 0.717) is 0 Å². The van der Waals surface area contributed by atoms with E-state index in [0.717, 1.165) is 33.9 Å². The Morgan fingerprint density at radius 3 is 1.62 bits per heavy atom. The third-order valence-electron chi connectivity index (χ3n) is 8.47. The molecule has 214 valence electrons. The van der Waals surface area contributed by atoms with Crippen LogP contribution < -0.4 is 4.90 Å². The average molecular weight is 579 g/mol. The monoisotopic (exact) mass is 578 g/mol. The molecule has 8 rings (SSSR count). The summed E-state index contributed by atoms with van der Waals surface area (Å²) in [5.74, 6) is 0.234. The Bertz CT molecular complexity index is 2250. The molecule has 0 aliphatic heterocycles. The van der Waals surface area contributed by atoms with Gasteiger partial charge in [-0.1, -0.05) is 103 Å². The average Bonchev–Trinajstić information content (AvgIpc) is 3.44. The van der Waals surface area contributed by atoms with Crippen molar-refractivity contribution in [3.63, 3.8) is 0 Å². The van der Waals surface area contributed by atoms with Crippen LogP contribution in [0.15, 0.2) is 176 Å². The lowest BCUT2D eigenvalue weighted by molar-refractivity contribution is 0.475. The van der Waals surface area contributed by atoms with Crippen LogP contribution in [0, 0.1) is 0 Å². The molecule has 0 saturated carbocycles. The number of anilines is 3. The highest BCUT2D eigenvalue weighted by Gasteiger charge is 2.15. The van der Waals surface area contributed by atoms with Gasteiger partial charge in [-0.05, 0) is 89.0 Å². The third-order valence-corrected chi connectivity index (χ3v) is 8.47. The molecule has 8 aromatic rings. The van der Waals surface area contributed by atoms with Gasteiger partial charge < -0.3 is 14.6 Å². The van der Waals surface area contributed by atoms with Crippen LogP contribution in [-0.2, 0) is 0 Å². The van der Waals surface area contributed by atoms with E-state index in [1.54, 1.807) is 12.1 Å². The lowest BCUT2D eigenvalue weighted by atomic mass is 10.0. The van der Waals surface area contributed by atoms with E-state index in [2.05, 4.69) is 155 Å². The number of nitrogens with zero attached hydrogens (tertiary/aromatic N) is 2. The third kappa shape index (κ3) is 4.91. The molecule has 0 bridgehead atoms. The molecule has 0 unspecified atom stereocenters. The standard InChI is InChI=1S/C42H30N2O/c45-38-15-9-14-37(29-38)43(35-23-18-31(19-24-35)30-10-3-1-4-11-30)36-25-20-32(21-26-36)33-22-27-42-40(28-33)39-16-7-8-17-41(39)44(42)34-12-5-2-6-13-34/h1-29,45H. The van der Waals surface area contributed by atoms with Crippen molar-refractivity contribution in [1.82, 2.24) is 4.57 Å². The van der Waals surface area contributed by atoms with Crippen LogP contribution in [0.25, 0.3) is 49.7 Å². The van der Waals surface area contributed by atoms with Crippen molar-refractivity contribution in [2.45, 2.75) is 0 Å². The van der Waals surface area contributed by atoms with Crippen molar-refractivity contribution in [2.75, 3.05) is 4.90 Å². The maximum Gasteiger partial charge on any atom is 0.117 e. The minimum Gasteiger partial charge on any atom is -0.508 e. The van der Waals surface area contributed by atoms with Crippen molar-refractivity contribution in [2.24, 2.45) is 0 Å². The van der Waals surface area contributed by atoms with Crippen LogP contribution in [0.4, 0.5) is 17.1 Å². The molecule has 3 nitrogen and oxygen atoms in total. The van der Waals surface area contributed by atoms with Gasteiger partial charge in [-0.15, -0.1) is 0 Å². The summed E-state index contributed by atoms with van der Waals surface area (Å²) < 4.78 is 2.34. The van der Waals surface area contributed by atoms with Gasteiger partial charge >= 0.3 is 0 Å². The zero-order valence-electron chi connectivity index (χ0n) is 24.6. The van der Waals surface area contributed by atoms with Crippen LogP contribution in [0.2, 0.25) is 0 Å². The summed E-state index contributed by atoms with van der Waals surface area (Å²) in [6.07, 6.45) is 0. The van der Waals surface area contributed by atoms with E-state index in [-0.39, 0.29) is 5.75 Å². The van der Waals surface area contributed by atoms with E-state index < -0.39 is 0 Å². The van der Waals surface area contributed by atoms with Crippen LogP contribution in [0.5, 0.6) is 5.75 Å². The van der Waals surface area contributed by atoms with Gasteiger partial charge in [0, 0.05) is 39.6 Å². The lowest BCUT2D eigenvalue weighted by Crippen LogP contribution is -2.09. The number of para-hydroxylation sites is 2. The molecule has 0 fully saturated rings. The van der Waals surface area contributed by atoms with Gasteiger partial charge in [0.05, 0.1) is 11.0 Å². The maximum absolute atomic E-state index is 10.3. The van der Waals surface area contributed by atoms with Crippen LogP contribution in [0.1, 0.15) is 0 Å². The quantitative estimate of drug-likeness (QED) is 0.213. The molecule has 3 heteroatoms. The molecule has 0 aliphatic rings. The van der Waals surface area contributed by atoms with E-state index in [4.69, 9.17) is 0 Å². The Morgan fingerprint density at radius 1 is 0.378 bits per heavy atom. The van der Waals surface area contributed by atoms with Gasteiger partial charge in [0.25, 0.3) is 0 Å². The van der Waals surface area contributed by atoms with Gasteiger partial charge in [-0.2, -0.15) is 0 Å². The zero-order chi connectivity index (χ0) is 30.2. The first-order valence-corrected chi connectivity index (χ1v) is 15.2. The van der Waals surface area contributed by atoms with Crippen molar-refractivity contribution in [3.8, 4) is 33.7 Å². The van der Waals surface area contributed by atoms with Crippen molar-refractivity contribution >= 4 is 38.9 Å². The Labute approximate surface area is 262 Å². The number of hydrogen-bond acceptors (Lipinski definition) is 2. The number of rotatable bonds is 6. The summed E-state index contributed by atoms with van der Waals surface area (Å²) in [4.78, 5) is 2.18. The van der Waals surface area contributed by atoms with Gasteiger partial charge in [-0.25, -0.2) is 0 Å². The van der Waals surface area contributed by atoms with Crippen LogP contribution in [-0.4, -0.2) is 9.67 Å². The first kappa shape index (κ1) is 26.6. The number of phenolic OH excluding ortho intramolecular Hbond substituents is 1. The van der Waals surface area contributed by atoms with Gasteiger partial charge in [0.2, 0.25) is 0 Å². The van der Waals surface area contributed by atoms with Gasteiger partial charge in [0.15, 0.2) is 0 Å². The zero-order valence-corrected chi connectivity index (χ0v) is 24.6. The molecule has 45 heavy (non-hydrogen) atoms. The number of fused-ring (bicyclic) bond motifs is 3. The molecule has 0 aliphatic carbocycles. The van der Waals surface area contributed by atoms with Crippen LogP contribution in [0.3, 0.4) is 0 Å². The summed E-state index contributed by atoms with van der Waals surface area (Å²) >= 11 is 0. The Kier molecular flexibility index (Phi) is 6.62. The van der Waals surface area contributed by atoms with Gasteiger partial charge in [0.1, 0.15) is 5.75 Å². The smallest absolute Gasteiger partial charge is 0.117 e. The number of benzene rings is 7. The van der Waals surface area contributed by atoms with Crippen LogP contribution >= 0.6 is 0 Å². The largest absolute Gasteiger partial charge is 0.508 e. The molecule has 0 atom stereocenters. The molecule has 0 saturated heterocycles. The summed E-state index contributed by atoms with van der Waals surface area (Å²) in [5.41, 5.74) is 11.1. The second-order valence-electron chi connectivity index (χ2n) is 11.2. The number of hydrogen-bond donors (Lipinski definition) is 1. The number of phenols is 1. The number of aromatic hydroxyl groups is 1. The molecular weight excluding hydrogens is 548 g/mol. The molecule has 1 N–H and O–H groups in total. The SMILES string of the molecule is Oc1cccc(N(c2ccc(-c3ccccc3)cc2)c2ccc(-c3ccc4c(c3)c3ccccc3n4-c3ccccc3)cc2)c1. The van der Waals surface area contributed by atoms with Crippen molar-refractivity contribution in [3.05, 3.63) is 176 Å². The molecule has 0 spiro atoms. The van der Waals surface area contributed by atoms with Crippen molar-refractivity contribution < 1.29 is 5.11 Å². The fraction of sp³-hybridized carbons (Fsp3) is 0. The van der Waals surface area contributed by atoms with E-state index in [9.17, 15) is 5.11 Å². The Morgan fingerprint density at radius 2 is 0.933 bits per heavy atom. The van der Waals surface area contributed by atoms with Crippen molar-refractivity contribution in [1.29, 1.82) is 0 Å². The van der Waals surface area contributed by atoms with E-state index in [1.807, 2.05) is 18.2 Å². The minimum atomic E-state index is 0.234. The summed E-state index contributed by atoms with van der Waals surface area (Å²) in [6.45, 7) is 0. The second-order valence-corrected chi connectivity index (χ2v) is 11.2. The number of aromatic nitrogens is 1. The van der Waals surface area contributed by atoms with E-state index >= 15 is 0 Å². The molecule has 1 aromatic heterocycles. The molecular formula is C42H30N2O. The first-order chi connectivity index (χ1) is 22.2. The highest BCUT2D eigenvalue weighted by Crippen LogP contribution is 2.39. The minimum absolute atomic E-state index is 0.234. The predicted molar refractivity (Wildman–Crippen MR) is 188 cm³/mol. The van der Waals surface area contributed by atoms with E-state index in [1.165, 1.54) is 32.9 Å². The summed E-state index contributed by atoms with van der Waals surface area (Å²) in [5, 5.41) is 12.8. The highest BCUT2D eigenvalue weighted by atomic mass is 16.3. The normalized spacial score (nSPS) is 11.2. The molecule has 7 aromatic carbocycles. The maximum atomic E-state index is 10.3. The first-order valence-electron chi connectivity index (χ1n) is 15.2. The summed E-state index contributed by atoms with van der Waals surface area (Å²) in [6, 6.07) is 61.0. The predicted octanol–water partition coefficient (Wildman–Crippen LogP) is 11.3. The fourth-order valence-corrected chi connectivity index (χ4v) is 6.32. The molecule has 0 amide bonds. The topological polar surface area (TPSA) is 28.4 Å². The lowest BCUT2D eigenvalue weighted by Gasteiger charge is -2.26.